The van der Waals surface area contributed by atoms with Gasteiger partial charge in [0, 0.05) is 5.56 Å². The van der Waals surface area contributed by atoms with Gasteiger partial charge in [-0.1, -0.05) is 0 Å². The van der Waals surface area contributed by atoms with Crippen LogP contribution in [0, 0.1) is 12.7 Å². The van der Waals surface area contributed by atoms with Crippen molar-refractivity contribution in [2.75, 3.05) is 0 Å². The number of alkyl halides is 2. The monoisotopic (exact) mass is 223 g/mol. The first-order chi connectivity index (χ1) is 6.45. The molecule has 0 N–H and O–H groups in total. The first-order valence-corrected chi connectivity index (χ1v) is 3.96. The van der Waals surface area contributed by atoms with Gasteiger partial charge in [0.2, 0.25) is 0 Å². The molecule has 1 aromatic rings. The van der Waals surface area contributed by atoms with E-state index in [9.17, 15) is 18.0 Å². The van der Waals surface area contributed by atoms with Crippen LogP contribution in [0.5, 0.6) is 0 Å². The molecule has 0 fully saturated rings. The van der Waals surface area contributed by atoms with E-state index in [0.717, 1.165) is 0 Å². The molecule has 0 aliphatic carbocycles. The normalized spacial score (nSPS) is 10.7. The number of aromatic nitrogens is 1. The molecule has 0 aliphatic rings. The predicted molar refractivity (Wildman–Crippen MR) is 44.1 cm³/mol. The lowest BCUT2D eigenvalue weighted by atomic mass is 10.1. The van der Waals surface area contributed by atoms with Crippen LogP contribution in [0.25, 0.3) is 0 Å². The topological polar surface area (TPSA) is 30.0 Å². The first kappa shape index (κ1) is 11.0. The molecule has 0 atom stereocenters. The minimum Gasteiger partial charge on any atom is -0.276 e. The number of rotatable bonds is 2. The summed E-state index contributed by atoms with van der Waals surface area (Å²) < 4.78 is 37.5. The van der Waals surface area contributed by atoms with Crippen LogP contribution in [-0.4, -0.2) is 10.2 Å². The quantitative estimate of drug-likeness (QED) is 0.722. The van der Waals surface area contributed by atoms with E-state index in [2.05, 4.69) is 4.98 Å². The number of hydrogen-bond donors (Lipinski definition) is 0. The average molecular weight is 224 g/mol. The van der Waals surface area contributed by atoms with Crippen molar-refractivity contribution in [1.29, 1.82) is 0 Å². The number of carbonyl (C=O) groups is 1. The summed E-state index contributed by atoms with van der Waals surface area (Å²) in [6, 6.07) is 0. The minimum absolute atomic E-state index is 0.213. The average Bonchev–Trinajstić information content (AvgIpc) is 2.08. The Morgan fingerprint density at radius 1 is 1.57 bits per heavy atom. The van der Waals surface area contributed by atoms with E-state index in [1.807, 2.05) is 0 Å². The fraction of sp³-hybridized carbons (Fsp3) is 0.250. The highest BCUT2D eigenvalue weighted by Gasteiger charge is 2.22. The number of carbonyl (C=O) groups excluding carboxylic acids is 1. The van der Waals surface area contributed by atoms with E-state index in [1.54, 1.807) is 0 Å². The first-order valence-electron chi connectivity index (χ1n) is 3.58. The van der Waals surface area contributed by atoms with Crippen LogP contribution in [0.1, 0.15) is 28.0 Å². The molecule has 0 unspecified atom stereocenters. The van der Waals surface area contributed by atoms with Crippen molar-refractivity contribution >= 4 is 16.8 Å². The highest BCUT2D eigenvalue weighted by molar-refractivity contribution is 6.68. The number of halogens is 4. The zero-order valence-corrected chi connectivity index (χ0v) is 7.78. The van der Waals surface area contributed by atoms with Crippen molar-refractivity contribution in [1.82, 2.24) is 4.98 Å². The molecule has 76 valence electrons. The fourth-order valence-electron chi connectivity index (χ4n) is 1.01. The van der Waals surface area contributed by atoms with E-state index in [-0.39, 0.29) is 5.56 Å². The van der Waals surface area contributed by atoms with Gasteiger partial charge in [-0.3, -0.25) is 9.78 Å². The van der Waals surface area contributed by atoms with E-state index in [4.69, 9.17) is 11.6 Å². The molecule has 0 aromatic carbocycles. The maximum Gasteiger partial charge on any atom is 0.281 e. The summed E-state index contributed by atoms with van der Waals surface area (Å²) in [5, 5.41) is -1.13. The van der Waals surface area contributed by atoms with Crippen LogP contribution in [0.4, 0.5) is 13.2 Å². The van der Waals surface area contributed by atoms with Crippen LogP contribution in [0.15, 0.2) is 6.20 Å². The maximum absolute atomic E-state index is 12.9. The molecule has 1 rings (SSSR count). The molecule has 0 saturated heterocycles. The smallest absolute Gasteiger partial charge is 0.276 e. The molecule has 2 nitrogen and oxygen atoms in total. The summed E-state index contributed by atoms with van der Waals surface area (Å²) in [6.45, 7) is 1.19. The van der Waals surface area contributed by atoms with E-state index >= 15 is 0 Å². The Bertz CT molecular complexity index is 381. The van der Waals surface area contributed by atoms with Crippen molar-refractivity contribution in [3.63, 3.8) is 0 Å². The molecule has 0 radical (unpaired) electrons. The third kappa shape index (κ3) is 1.87. The van der Waals surface area contributed by atoms with E-state index in [0.29, 0.717) is 6.20 Å². The molecule has 0 amide bonds. The largest absolute Gasteiger partial charge is 0.281 e. The molecular weight excluding hydrogens is 219 g/mol. The van der Waals surface area contributed by atoms with Gasteiger partial charge in [-0.2, -0.15) is 0 Å². The second kappa shape index (κ2) is 3.96. The van der Waals surface area contributed by atoms with Crippen LogP contribution in [0.3, 0.4) is 0 Å². The van der Waals surface area contributed by atoms with Crippen molar-refractivity contribution < 1.29 is 18.0 Å². The van der Waals surface area contributed by atoms with Crippen molar-refractivity contribution in [2.24, 2.45) is 0 Å². The lowest BCUT2D eigenvalue weighted by Gasteiger charge is -2.07. The third-order valence-corrected chi connectivity index (χ3v) is 1.90. The molecule has 14 heavy (non-hydrogen) atoms. The fourth-order valence-corrected chi connectivity index (χ4v) is 1.25. The van der Waals surface area contributed by atoms with Crippen molar-refractivity contribution in [3.8, 4) is 0 Å². The Morgan fingerprint density at radius 2 is 2.14 bits per heavy atom. The highest BCUT2D eigenvalue weighted by Crippen LogP contribution is 2.25. The Kier molecular flexibility index (Phi) is 3.10. The lowest BCUT2D eigenvalue weighted by molar-refractivity contribution is 0.106. The van der Waals surface area contributed by atoms with Gasteiger partial charge in [0.25, 0.3) is 11.7 Å². The zero-order chi connectivity index (χ0) is 10.9. The Labute approximate surface area is 82.7 Å². The van der Waals surface area contributed by atoms with Gasteiger partial charge in [0.15, 0.2) is 0 Å². The summed E-state index contributed by atoms with van der Waals surface area (Å²) in [7, 11) is 0. The lowest BCUT2D eigenvalue weighted by Crippen LogP contribution is -2.06. The summed E-state index contributed by atoms with van der Waals surface area (Å²) in [4.78, 5) is 13.9. The van der Waals surface area contributed by atoms with Gasteiger partial charge in [-0.25, -0.2) is 13.2 Å². The van der Waals surface area contributed by atoms with Gasteiger partial charge in [0.05, 0.1) is 11.8 Å². The molecule has 0 spiro atoms. The van der Waals surface area contributed by atoms with Gasteiger partial charge in [-0.15, -0.1) is 0 Å². The highest BCUT2D eigenvalue weighted by atomic mass is 35.5. The summed E-state index contributed by atoms with van der Waals surface area (Å²) in [5.41, 5.74) is -1.55. The van der Waals surface area contributed by atoms with E-state index < -0.39 is 28.7 Å². The molecule has 0 saturated carbocycles. The molecule has 0 bridgehead atoms. The van der Waals surface area contributed by atoms with Crippen LogP contribution in [0.2, 0.25) is 0 Å². The Hall–Kier alpha value is -1.10. The minimum atomic E-state index is -2.95. The molecule has 1 aromatic heterocycles. The number of pyridine rings is 1. The third-order valence-electron chi connectivity index (χ3n) is 1.71. The van der Waals surface area contributed by atoms with Gasteiger partial charge in [0.1, 0.15) is 11.5 Å². The van der Waals surface area contributed by atoms with Crippen LogP contribution >= 0.6 is 11.6 Å². The van der Waals surface area contributed by atoms with Crippen molar-refractivity contribution in [3.05, 3.63) is 28.8 Å². The summed E-state index contributed by atoms with van der Waals surface area (Å²) in [6.07, 6.45) is -2.31. The Balaban J connectivity index is 3.45. The Morgan fingerprint density at radius 3 is 2.57 bits per heavy atom. The zero-order valence-electron chi connectivity index (χ0n) is 7.02. The van der Waals surface area contributed by atoms with Gasteiger partial charge in [-0.05, 0) is 18.5 Å². The van der Waals surface area contributed by atoms with E-state index in [1.165, 1.54) is 6.92 Å². The van der Waals surface area contributed by atoms with Crippen LogP contribution < -0.4 is 0 Å². The molecule has 0 aliphatic heterocycles. The second-order valence-electron chi connectivity index (χ2n) is 2.57. The molecule has 6 heteroatoms. The standard InChI is InChI=1S/C8H5ClF3NO/c1-3-4(10)2-13-6(8(11)12)5(3)7(9)14/h2,8H,1H3. The van der Waals surface area contributed by atoms with Gasteiger partial charge >= 0.3 is 0 Å². The summed E-state index contributed by atoms with van der Waals surface area (Å²) >= 11 is 5.05. The maximum atomic E-state index is 12.9. The van der Waals surface area contributed by atoms with Crippen LogP contribution in [-0.2, 0) is 0 Å². The molecule has 1 heterocycles. The van der Waals surface area contributed by atoms with Crippen molar-refractivity contribution in [2.45, 2.75) is 13.3 Å². The predicted octanol–water partition coefficient (Wildman–Crippen LogP) is 2.85. The molecular formula is C8H5ClF3NO. The SMILES string of the molecule is Cc1c(F)cnc(C(F)F)c1C(=O)Cl. The second-order valence-corrected chi connectivity index (χ2v) is 2.91. The number of hydrogen-bond acceptors (Lipinski definition) is 2. The number of nitrogens with zero attached hydrogens (tertiary/aromatic N) is 1. The van der Waals surface area contributed by atoms with Gasteiger partial charge < -0.3 is 0 Å². The summed E-state index contributed by atoms with van der Waals surface area (Å²) in [5.74, 6) is -0.835.